The van der Waals surface area contributed by atoms with Crippen LogP contribution in [0.3, 0.4) is 0 Å². The highest BCUT2D eigenvalue weighted by Crippen LogP contribution is 2.45. The lowest BCUT2D eigenvalue weighted by molar-refractivity contribution is -0.122. The number of amides is 2. The first-order valence-corrected chi connectivity index (χ1v) is 11.4. The molecule has 1 fully saturated rings. The topological polar surface area (TPSA) is 40.6 Å². The Morgan fingerprint density at radius 2 is 1.70 bits per heavy atom. The molecular formula is C20H23BrN2O2S2. The Kier molecular flexibility index (Phi) is 6.76. The SMILES string of the molecule is CCCCCN1C(=O)/C(=C2\SC(=S)N(CCCC)C2=O)c2cc(Br)ccc21. The molecule has 27 heavy (non-hydrogen) atoms. The molecule has 1 saturated heterocycles. The molecule has 0 saturated carbocycles. The minimum atomic E-state index is -0.136. The number of hydrogen-bond acceptors (Lipinski definition) is 4. The number of benzene rings is 1. The minimum absolute atomic E-state index is 0.0878. The number of nitrogens with zero attached hydrogens (tertiary/aromatic N) is 2. The zero-order valence-electron chi connectivity index (χ0n) is 15.6. The van der Waals surface area contributed by atoms with Gasteiger partial charge in [0.05, 0.1) is 16.2 Å². The Balaban J connectivity index is 2.01. The van der Waals surface area contributed by atoms with Gasteiger partial charge in [0.15, 0.2) is 0 Å². The van der Waals surface area contributed by atoms with Gasteiger partial charge in [-0.15, -0.1) is 0 Å². The molecule has 0 unspecified atom stereocenters. The van der Waals surface area contributed by atoms with Crippen LogP contribution in [0.15, 0.2) is 27.6 Å². The maximum absolute atomic E-state index is 13.3. The molecule has 0 radical (unpaired) electrons. The molecule has 1 aromatic rings. The second-order valence-corrected chi connectivity index (χ2v) is 9.27. The van der Waals surface area contributed by atoms with Gasteiger partial charge < -0.3 is 4.90 Å². The van der Waals surface area contributed by atoms with Crippen LogP contribution >= 0.6 is 39.9 Å². The summed E-state index contributed by atoms with van der Waals surface area (Å²) in [5, 5.41) is 0. The molecule has 144 valence electrons. The first-order chi connectivity index (χ1) is 13.0. The Labute approximate surface area is 178 Å². The lowest BCUT2D eigenvalue weighted by Gasteiger charge is -2.16. The molecule has 0 spiro atoms. The highest BCUT2D eigenvalue weighted by molar-refractivity contribution is 9.10. The van der Waals surface area contributed by atoms with E-state index in [1.807, 2.05) is 23.1 Å². The fourth-order valence-corrected chi connectivity index (χ4v) is 5.06. The summed E-state index contributed by atoms with van der Waals surface area (Å²) in [7, 11) is 0. The molecule has 0 N–H and O–H groups in total. The van der Waals surface area contributed by atoms with E-state index >= 15 is 0 Å². The zero-order valence-corrected chi connectivity index (χ0v) is 18.8. The van der Waals surface area contributed by atoms with Gasteiger partial charge in [-0.2, -0.15) is 0 Å². The monoisotopic (exact) mass is 466 g/mol. The number of thioether (sulfide) groups is 1. The second-order valence-electron chi connectivity index (χ2n) is 6.71. The van der Waals surface area contributed by atoms with Crippen molar-refractivity contribution in [3.05, 3.63) is 33.1 Å². The third kappa shape index (κ3) is 4.00. The number of rotatable bonds is 7. The molecule has 0 atom stereocenters. The third-order valence-electron chi connectivity index (χ3n) is 4.77. The first-order valence-electron chi connectivity index (χ1n) is 9.39. The van der Waals surface area contributed by atoms with Gasteiger partial charge in [-0.3, -0.25) is 14.5 Å². The summed E-state index contributed by atoms with van der Waals surface area (Å²) in [5.41, 5.74) is 2.20. The lowest BCUT2D eigenvalue weighted by Crippen LogP contribution is -2.30. The molecule has 0 aliphatic carbocycles. The summed E-state index contributed by atoms with van der Waals surface area (Å²) in [5.74, 6) is -0.224. The average molecular weight is 467 g/mol. The first kappa shape index (κ1) is 20.6. The number of halogens is 1. The summed E-state index contributed by atoms with van der Waals surface area (Å²) in [4.78, 5) is 30.2. The van der Waals surface area contributed by atoms with E-state index in [4.69, 9.17) is 12.2 Å². The highest BCUT2D eigenvalue weighted by atomic mass is 79.9. The number of hydrogen-bond donors (Lipinski definition) is 0. The van der Waals surface area contributed by atoms with Crippen molar-refractivity contribution in [1.82, 2.24) is 4.90 Å². The summed E-state index contributed by atoms with van der Waals surface area (Å²) in [6, 6.07) is 5.82. The molecule has 2 aliphatic rings. The number of carbonyl (C=O) groups excluding carboxylic acids is 2. The lowest BCUT2D eigenvalue weighted by atomic mass is 10.1. The third-order valence-corrected chi connectivity index (χ3v) is 6.72. The molecule has 7 heteroatoms. The van der Waals surface area contributed by atoms with Gasteiger partial charge >= 0.3 is 0 Å². The van der Waals surface area contributed by atoms with Crippen LogP contribution in [0.1, 0.15) is 51.5 Å². The molecule has 2 heterocycles. The number of carbonyl (C=O) groups is 2. The van der Waals surface area contributed by atoms with Crippen molar-refractivity contribution in [3.8, 4) is 0 Å². The smallest absolute Gasteiger partial charge is 0.267 e. The molecule has 1 aromatic carbocycles. The van der Waals surface area contributed by atoms with E-state index in [9.17, 15) is 9.59 Å². The molecule has 3 rings (SSSR count). The molecule has 2 amide bonds. The molecule has 2 aliphatic heterocycles. The number of anilines is 1. The Bertz CT molecular complexity index is 822. The van der Waals surface area contributed by atoms with E-state index in [1.54, 1.807) is 4.90 Å². The number of fused-ring (bicyclic) bond motifs is 1. The van der Waals surface area contributed by atoms with Crippen LogP contribution in [0.2, 0.25) is 0 Å². The van der Waals surface area contributed by atoms with Crippen molar-refractivity contribution in [2.24, 2.45) is 0 Å². The summed E-state index contributed by atoms with van der Waals surface area (Å²) >= 11 is 10.2. The van der Waals surface area contributed by atoms with E-state index in [0.717, 1.165) is 47.8 Å². The summed E-state index contributed by atoms with van der Waals surface area (Å²) in [6.07, 6.45) is 5.00. The van der Waals surface area contributed by atoms with Crippen LogP contribution < -0.4 is 4.90 Å². The Morgan fingerprint density at radius 1 is 1.00 bits per heavy atom. The van der Waals surface area contributed by atoms with Gasteiger partial charge in [-0.25, -0.2) is 0 Å². The minimum Gasteiger partial charge on any atom is -0.308 e. The van der Waals surface area contributed by atoms with Crippen molar-refractivity contribution >= 4 is 67.3 Å². The van der Waals surface area contributed by atoms with Crippen LogP contribution in [0, 0.1) is 0 Å². The van der Waals surface area contributed by atoms with Gasteiger partial charge in [-0.1, -0.05) is 73.0 Å². The molecule has 0 bridgehead atoms. The fraction of sp³-hybridized carbons (Fsp3) is 0.450. The maximum atomic E-state index is 13.3. The van der Waals surface area contributed by atoms with Gasteiger partial charge in [-0.05, 0) is 31.0 Å². The van der Waals surface area contributed by atoms with Crippen molar-refractivity contribution in [2.45, 2.75) is 46.0 Å². The van der Waals surface area contributed by atoms with Crippen LogP contribution in [-0.2, 0) is 9.59 Å². The van der Waals surface area contributed by atoms with Crippen molar-refractivity contribution < 1.29 is 9.59 Å². The van der Waals surface area contributed by atoms with E-state index in [-0.39, 0.29) is 11.8 Å². The van der Waals surface area contributed by atoms with E-state index < -0.39 is 0 Å². The average Bonchev–Trinajstić information content (AvgIpc) is 3.06. The quantitative estimate of drug-likeness (QED) is 0.308. The van der Waals surface area contributed by atoms with Crippen molar-refractivity contribution in [3.63, 3.8) is 0 Å². The van der Waals surface area contributed by atoms with E-state index in [0.29, 0.717) is 27.9 Å². The van der Waals surface area contributed by atoms with Gasteiger partial charge in [0.1, 0.15) is 4.32 Å². The predicted octanol–water partition coefficient (Wildman–Crippen LogP) is 5.36. The standard InChI is InChI=1S/C20H23BrN2O2S2/c1-3-5-7-11-22-15-9-8-13(21)12-14(15)16(18(22)24)17-19(25)23(10-6-4-2)20(26)27-17/h8-9,12H,3-7,10-11H2,1-2H3/b17-16-. The van der Waals surface area contributed by atoms with Crippen LogP contribution in [0.5, 0.6) is 0 Å². The van der Waals surface area contributed by atoms with Crippen molar-refractivity contribution in [1.29, 1.82) is 0 Å². The molecule has 0 aromatic heterocycles. The summed E-state index contributed by atoms with van der Waals surface area (Å²) in [6.45, 7) is 5.50. The summed E-state index contributed by atoms with van der Waals surface area (Å²) < 4.78 is 1.44. The highest BCUT2D eigenvalue weighted by Gasteiger charge is 2.41. The van der Waals surface area contributed by atoms with E-state index in [2.05, 4.69) is 29.8 Å². The molecule has 4 nitrogen and oxygen atoms in total. The largest absolute Gasteiger partial charge is 0.308 e. The van der Waals surface area contributed by atoms with Gasteiger partial charge in [0, 0.05) is 23.1 Å². The fourth-order valence-electron chi connectivity index (χ4n) is 3.32. The van der Waals surface area contributed by atoms with Crippen LogP contribution in [0.25, 0.3) is 5.57 Å². The van der Waals surface area contributed by atoms with Crippen molar-refractivity contribution in [2.75, 3.05) is 18.0 Å². The van der Waals surface area contributed by atoms with Crippen LogP contribution in [-0.4, -0.2) is 34.1 Å². The number of thiocarbonyl (C=S) groups is 1. The molecular weight excluding hydrogens is 444 g/mol. The van der Waals surface area contributed by atoms with Gasteiger partial charge in [0.25, 0.3) is 11.8 Å². The van der Waals surface area contributed by atoms with Crippen LogP contribution in [0.4, 0.5) is 5.69 Å². The van der Waals surface area contributed by atoms with Gasteiger partial charge in [0.2, 0.25) is 0 Å². The Hall–Kier alpha value is -1.18. The predicted molar refractivity (Wildman–Crippen MR) is 120 cm³/mol. The van der Waals surface area contributed by atoms with E-state index in [1.165, 1.54) is 11.8 Å². The zero-order chi connectivity index (χ0) is 19.6. The normalized spacial score (nSPS) is 19.4. The second kappa shape index (κ2) is 8.88. The maximum Gasteiger partial charge on any atom is 0.267 e. The Morgan fingerprint density at radius 3 is 2.41 bits per heavy atom. The number of unbranched alkanes of at least 4 members (excludes halogenated alkanes) is 3.